The standard InChI is InChI=1S/C36H40ClN3O2S/c1-39(23-26-7-9-27(10-8-26)28-11-15-31(37)16-12-28)32-17-13-29(14-18-32)33-25-43-34(38-33)24-40-21-19-36(20-22-40,35(41)42)30-5-3-2-4-6-30/h2-6,11-18,25-27H,7-10,19-24H2,1H3,(H,41,42). The van der Waals surface area contributed by atoms with E-state index in [1.54, 1.807) is 11.3 Å². The quantitative estimate of drug-likeness (QED) is 0.205. The van der Waals surface area contributed by atoms with Crippen molar-refractivity contribution in [2.45, 2.75) is 56.4 Å². The third kappa shape index (κ3) is 6.82. The van der Waals surface area contributed by atoms with Gasteiger partial charge in [-0.2, -0.15) is 0 Å². The summed E-state index contributed by atoms with van der Waals surface area (Å²) >= 11 is 7.77. The first kappa shape index (κ1) is 29.9. The molecule has 1 aliphatic carbocycles. The minimum atomic E-state index is -0.794. The number of halogens is 1. The lowest BCUT2D eigenvalue weighted by Crippen LogP contribution is -2.47. The van der Waals surface area contributed by atoms with Crippen LogP contribution in [0, 0.1) is 5.92 Å². The first-order valence-corrected chi connectivity index (χ1v) is 16.7. The molecule has 6 rings (SSSR count). The van der Waals surface area contributed by atoms with Crippen LogP contribution in [-0.2, 0) is 16.8 Å². The van der Waals surface area contributed by atoms with Crippen LogP contribution in [0.1, 0.15) is 60.6 Å². The van der Waals surface area contributed by atoms with Crippen LogP contribution < -0.4 is 4.90 Å². The van der Waals surface area contributed by atoms with Crippen LogP contribution >= 0.6 is 22.9 Å². The number of likely N-dealkylation sites (tertiary alicyclic amines) is 1. The van der Waals surface area contributed by atoms with Crippen molar-refractivity contribution in [1.82, 2.24) is 9.88 Å². The zero-order valence-electron chi connectivity index (χ0n) is 24.8. The Kier molecular flexibility index (Phi) is 9.17. The van der Waals surface area contributed by atoms with Crippen LogP contribution in [0.3, 0.4) is 0 Å². The summed E-state index contributed by atoms with van der Waals surface area (Å²) in [7, 11) is 2.21. The van der Waals surface area contributed by atoms with Gasteiger partial charge in [-0.1, -0.05) is 66.2 Å². The number of aliphatic carboxylic acids is 1. The average Bonchev–Trinajstić information content (AvgIpc) is 3.51. The van der Waals surface area contributed by atoms with E-state index in [2.05, 4.69) is 58.6 Å². The Morgan fingerprint density at radius 1 is 0.977 bits per heavy atom. The van der Waals surface area contributed by atoms with Gasteiger partial charge in [0.05, 0.1) is 17.7 Å². The fourth-order valence-corrected chi connectivity index (χ4v) is 7.95. The van der Waals surface area contributed by atoms with E-state index < -0.39 is 11.4 Å². The fourth-order valence-electron chi connectivity index (χ4n) is 6.98. The van der Waals surface area contributed by atoms with Crippen molar-refractivity contribution in [3.63, 3.8) is 0 Å². The number of hydrogen-bond acceptors (Lipinski definition) is 5. The van der Waals surface area contributed by atoms with Crippen LogP contribution in [-0.4, -0.2) is 47.6 Å². The maximum absolute atomic E-state index is 12.3. The van der Waals surface area contributed by atoms with Gasteiger partial charge in [0.15, 0.2) is 0 Å². The molecule has 43 heavy (non-hydrogen) atoms. The fraction of sp³-hybridized carbons (Fsp3) is 0.389. The van der Waals surface area contributed by atoms with Gasteiger partial charge in [0.1, 0.15) is 5.01 Å². The lowest BCUT2D eigenvalue weighted by molar-refractivity contribution is -0.146. The molecule has 2 aliphatic rings. The highest BCUT2D eigenvalue weighted by Crippen LogP contribution is 2.38. The highest BCUT2D eigenvalue weighted by atomic mass is 35.5. The third-order valence-corrected chi connectivity index (χ3v) is 10.8. The van der Waals surface area contributed by atoms with Crippen molar-refractivity contribution in [2.75, 3.05) is 31.6 Å². The van der Waals surface area contributed by atoms with E-state index in [4.69, 9.17) is 16.6 Å². The summed E-state index contributed by atoms with van der Waals surface area (Å²) in [5, 5.41) is 14.1. The van der Waals surface area contributed by atoms with Crippen LogP contribution in [0.15, 0.2) is 84.2 Å². The molecule has 0 amide bonds. The molecule has 0 bridgehead atoms. The molecule has 224 valence electrons. The number of anilines is 1. The van der Waals surface area contributed by atoms with Crippen molar-refractivity contribution < 1.29 is 9.90 Å². The van der Waals surface area contributed by atoms with E-state index in [1.165, 1.54) is 36.9 Å². The maximum atomic E-state index is 12.3. The molecule has 1 aliphatic heterocycles. The van der Waals surface area contributed by atoms with Crippen LogP contribution in [0.25, 0.3) is 11.3 Å². The summed E-state index contributed by atoms with van der Waals surface area (Å²) < 4.78 is 0. The van der Waals surface area contributed by atoms with Gasteiger partial charge >= 0.3 is 5.97 Å². The Morgan fingerprint density at radius 2 is 1.65 bits per heavy atom. The Morgan fingerprint density at radius 3 is 2.30 bits per heavy atom. The van der Waals surface area contributed by atoms with Crippen molar-refractivity contribution in [2.24, 2.45) is 5.92 Å². The minimum absolute atomic E-state index is 0.614. The van der Waals surface area contributed by atoms with Crippen LogP contribution in [0.5, 0.6) is 0 Å². The van der Waals surface area contributed by atoms with Gasteiger partial charge in [0, 0.05) is 48.3 Å². The molecular formula is C36H40ClN3O2S. The van der Waals surface area contributed by atoms with Crippen molar-refractivity contribution in [1.29, 1.82) is 0 Å². The molecule has 7 heteroatoms. The van der Waals surface area contributed by atoms with Gasteiger partial charge < -0.3 is 10.0 Å². The lowest BCUT2D eigenvalue weighted by Gasteiger charge is -2.39. The third-order valence-electron chi connectivity index (χ3n) is 9.68. The topological polar surface area (TPSA) is 56.7 Å². The first-order chi connectivity index (χ1) is 20.9. The van der Waals surface area contributed by atoms with Crippen molar-refractivity contribution >= 4 is 34.6 Å². The summed E-state index contributed by atoms with van der Waals surface area (Å²) in [6, 6.07) is 26.9. The average molecular weight is 614 g/mol. The number of carbonyl (C=O) groups is 1. The molecule has 1 saturated carbocycles. The number of carboxylic acids is 1. The highest BCUT2D eigenvalue weighted by Gasteiger charge is 2.43. The van der Waals surface area contributed by atoms with Gasteiger partial charge in [0.25, 0.3) is 0 Å². The van der Waals surface area contributed by atoms with E-state index in [9.17, 15) is 9.90 Å². The van der Waals surface area contributed by atoms with Crippen molar-refractivity contribution in [3.05, 3.63) is 105 Å². The number of nitrogens with zero attached hydrogens (tertiary/aromatic N) is 3. The zero-order valence-corrected chi connectivity index (χ0v) is 26.4. The number of piperidine rings is 1. The molecule has 3 aromatic carbocycles. The predicted octanol–water partition coefficient (Wildman–Crippen LogP) is 8.49. The Bertz CT molecular complexity index is 1490. The molecule has 1 N–H and O–H groups in total. The second kappa shape index (κ2) is 13.2. The monoisotopic (exact) mass is 613 g/mol. The molecule has 5 nitrogen and oxygen atoms in total. The van der Waals surface area contributed by atoms with Crippen molar-refractivity contribution in [3.8, 4) is 11.3 Å². The number of aromatic nitrogens is 1. The second-order valence-electron chi connectivity index (χ2n) is 12.4. The van der Waals surface area contributed by atoms with E-state index >= 15 is 0 Å². The molecule has 0 radical (unpaired) electrons. The molecule has 2 heterocycles. The normalized spacial score (nSPS) is 20.5. The Balaban J connectivity index is 0.999. The van der Waals surface area contributed by atoms with Gasteiger partial charge in [-0.15, -0.1) is 11.3 Å². The number of rotatable bonds is 9. The SMILES string of the molecule is CN(CC1CCC(c2ccc(Cl)cc2)CC1)c1ccc(-c2csc(CN3CCC(C(=O)O)(c4ccccc4)CC3)n2)cc1. The Labute approximate surface area is 264 Å². The van der Waals surface area contributed by atoms with Gasteiger partial charge in [-0.3, -0.25) is 9.69 Å². The van der Waals surface area contributed by atoms with Crippen LogP contribution in [0.2, 0.25) is 5.02 Å². The summed E-state index contributed by atoms with van der Waals surface area (Å²) in [5.41, 5.74) is 4.93. The molecule has 4 aromatic rings. The molecule has 0 atom stereocenters. The van der Waals surface area contributed by atoms with Crippen LogP contribution in [0.4, 0.5) is 5.69 Å². The summed E-state index contributed by atoms with van der Waals surface area (Å²) in [4.78, 5) is 22.0. The molecular weight excluding hydrogens is 574 g/mol. The highest BCUT2D eigenvalue weighted by molar-refractivity contribution is 7.09. The van der Waals surface area contributed by atoms with Gasteiger partial charge in [-0.25, -0.2) is 4.98 Å². The number of benzene rings is 3. The number of hydrogen-bond donors (Lipinski definition) is 1. The van der Waals surface area contributed by atoms with Gasteiger partial charge in [0.2, 0.25) is 0 Å². The largest absolute Gasteiger partial charge is 0.481 e. The minimum Gasteiger partial charge on any atom is -0.481 e. The predicted molar refractivity (Wildman–Crippen MR) is 177 cm³/mol. The molecule has 0 unspecified atom stereocenters. The molecule has 2 fully saturated rings. The Hall–Kier alpha value is -3.19. The number of thiazole rings is 1. The first-order valence-electron chi connectivity index (χ1n) is 15.4. The maximum Gasteiger partial charge on any atom is 0.314 e. The van der Waals surface area contributed by atoms with Gasteiger partial charge in [-0.05, 0) is 85.8 Å². The smallest absolute Gasteiger partial charge is 0.314 e. The van der Waals surface area contributed by atoms with E-state index in [-0.39, 0.29) is 0 Å². The van der Waals surface area contributed by atoms with E-state index in [0.717, 1.165) is 58.9 Å². The second-order valence-corrected chi connectivity index (χ2v) is 13.7. The summed E-state index contributed by atoms with van der Waals surface area (Å²) in [6.07, 6.45) is 6.24. The lowest BCUT2D eigenvalue weighted by atomic mass is 9.73. The summed E-state index contributed by atoms with van der Waals surface area (Å²) in [5.74, 6) is 0.659. The summed E-state index contributed by atoms with van der Waals surface area (Å²) in [6.45, 7) is 3.34. The van der Waals surface area contributed by atoms with E-state index in [0.29, 0.717) is 18.8 Å². The molecule has 1 saturated heterocycles. The van der Waals surface area contributed by atoms with E-state index in [1.807, 2.05) is 42.5 Å². The molecule has 1 aromatic heterocycles. The zero-order chi connectivity index (χ0) is 29.8. The molecule has 0 spiro atoms. The number of carboxylic acid groups (broad SMARTS) is 1.